The van der Waals surface area contributed by atoms with E-state index < -0.39 is 0 Å². The Balaban J connectivity index is 1.64. The number of nitrogens with zero attached hydrogens (tertiary/aromatic N) is 3. The third-order valence-corrected chi connectivity index (χ3v) is 7.43. The minimum Gasteiger partial charge on any atom is -0.351 e. The summed E-state index contributed by atoms with van der Waals surface area (Å²) in [6, 6.07) is 26.0. The van der Waals surface area contributed by atoms with Crippen LogP contribution in [-0.4, -0.2) is 14.7 Å². The molecule has 1 saturated heterocycles. The molecule has 4 nitrogen and oxygen atoms in total. The lowest BCUT2D eigenvalue weighted by Gasteiger charge is -2.28. The molecule has 0 saturated carbocycles. The van der Waals surface area contributed by atoms with Gasteiger partial charge in [0.1, 0.15) is 0 Å². The fourth-order valence-corrected chi connectivity index (χ4v) is 5.55. The molecule has 2 atom stereocenters. The average molecular weight is 481 g/mol. The van der Waals surface area contributed by atoms with E-state index >= 15 is 0 Å². The quantitative estimate of drug-likeness (QED) is 0.308. The number of aryl methyl sites for hydroxylation is 3. The van der Waals surface area contributed by atoms with E-state index in [0.29, 0.717) is 0 Å². The van der Waals surface area contributed by atoms with Gasteiger partial charge in [-0.3, -0.25) is 4.98 Å². The minimum atomic E-state index is -0.0500. The molecule has 178 valence electrons. The molecule has 5 rings (SSSR count). The van der Waals surface area contributed by atoms with Gasteiger partial charge >= 0.3 is 0 Å². The van der Waals surface area contributed by atoms with Crippen molar-refractivity contribution in [1.82, 2.24) is 14.9 Å². The number of pyridine rings is 1. The van der Waals surface area contributed by atoms with Gasteiger partial charge in [0.15, 0.2) is 5.11 Å². The smallest absolute Gasteiger partial charge is 0.174 e. The molecule has 1 aliphatic heterocycles. The van der Waals surface area contributed by atoms with Crippen molar-refractivity contribution in [1.29, 1.82) is 0 Å². The summed E-state index contributed by atoms with van der Waals surface area (Å²) >= 11 is 5.92. The number of benzene rings is 2. The Kier molecular flexibility index (Phi) is 6.44. The van der Waals surface area contributed by atoms with Crippen LogP contribution in [0.2, 0.25) is 0 Å². The Morgan fingerprint density at radius 3 is 2.06 bits per heavy atom. The van der Waals surface area contributed by atoms with Crippen LogP contribution in [0.4, 0.5) is 5.69 Å². The molecular formula is C30H32N4S. The van der Waals surface area contributed by atoms with Gasteiger partial charge in [0.05, 0.1) is 17.8 Å². The van der Waals surface area contributed by atoms with Gasteiger partial charge in [-0.2, -0.15) is 0 Å². The second-order valence-corrected chi connectivity index (χ2v) is 9.59. The van der Waals surface area contributed by atoms with Gasteiger partial charge in [0.2, 0.25) is 0 Å². The molecule has 1 aliphatic rings. The lowest BCUT2D eigenvalue weighted by atomic mass is 9.96. The van der Waals surface area contributed by atoms with Crippen LogP contribution in [0.15, 0.2) is 79.0 Å². The molecule has 5 heteroatoms. The first kappa shape index (κ1) is 23.3. The van der Waals surface area contributed by atoms with Crippen LogP contribution in [0.25, 0.3) is 5.69 Å². The van der Waals surface area contributed by atoms with Crippen molar-refractivity contribution in [2.24, 2.45) is 0 Å². The first-order valence-corrected chi connectivity index (χ1v) is 12.8. The van der Waals surface area contributed by atoms with E-state index in [-0.39, 0.29) is 12.1 Å². The fraction of sp³-hybridized carbons (Fsp3) is 0.267. The van der Waals surface area contributed by atoms with Crippen molar-refractivity contribution in [3.05, 3.63) is 113 Å². The summed E-state index contributed by atoms with van der Waals surface area (Å²) in [5.74, 6) is 0. The van der Waals surface area contributed by atoms with Crippen molar-refractivity contribution in [3.8, 4) is 5.69 Å². The van der Waals surface area contributed by atoms with E-state index in [2.05, 4.69) is 103 Å². The van der Waals surface area contributed by atoms with Crippen LogP contribution in [0.1, 0.15) is 59.7 Å². The molecule has 1 fully saturated rings. The Hall–Kier alpha value is -3.44. The van der Waals surface area contributed by atoms with Gasteiger partial charge in [-0.1, -0.05) is 44.2 Å². The normalized spacial score (nSPS) is 17.6. The zero-order valence-corrected chi connectivity index (χ0v) is 21.6. The number of nitrogens with one attached hydrogen (secondary N) is 1. The third kappa shape index (κ3) is 4.25. The second-order valence-electron chi connectivity index (χ2n) is 9.20. The predicted molar refractivity (Wildman–Crippen MR) is 148 cm³/mol. The summed E-state index contributed by atoms with van der Waals surface area (Å²) in [6.45, 7) is 8.76. The lowest BCUT2D eigenvalue weighted by Crippen LogP contribution is -2.29. The fourth-order valence-electron chi connectivity index (χ4n) is 5.21. The predicted octanol–water partition coefficient (Wildman–Crippen LogP) is 6.79. The largest absolute Gasteiger partial charge is 0.351 e. The summed E-state index contributed by atoms with van der Waals surface area (Å²) in [6.07, 6.45) is 3.91. The monoisotopic (exact) mass is 480 g/mol. The first-order chi connectivity index (χ1) is 17.0. The Morgan fingerprint density at radius 2 is 1.49 bits per heavy atom. The maximum absolute atomic E-state index is 5.92. The van der Waals surface area contributed by atoms with Crippen molar-refractivity contribution in [2.75, 3.05) is 4.90 Å². The number of aromatic nitrogens is 2. The van der Waals surface area contributed by atoms with Crippen LogP contribution >= 0.6 is 12.2 Å². The Bertz CT molecular complexity index is 1320. The number of hydrogen-bond acceptors (Lipinski definition) is 2. The van der Waals surface area contributed by atoms with Crippen LogP contribution in [0.5, 0.6) is 0 Å². The summed E-state index contributed by atoms with van der Waals surface area (Å²) in [5, 5.41) is 4.32. The number of anilines is 1. The first-order valence-electron chi connectivity index (χ1n) is 12.4. The van der Waals surface area contributed by atoms with Crippen molar-refractivity contribution < 1.29 is 0 Å². The molecule has 0 radical (unpaired) electrons. The highest BCUT2D eigenvalue weighted by Crippen LogP contribution is 2.43. The van der Waals surface area contributed by atoms with Crippen molar-refractivity contribution in [3.63, 3.8) is 0 Å². The van der Waals surface area contributed by atoms with Gasteiger partial charge in [0, 0.05) is 29.0 Å². The van der Waals surface area contributed by atoms with Gasteiger partial charge in [0.25, 0.3) is 0 Å². The summed E-state index contributed by atoms with van der Waals surface area (Å²) in [5.41, 5.74) is 9.62. The molecule has 1 N–H and O–H groups in total. The van der Waals surface area contributed by atoms with Crippen LogP contribution in [0.3, 0.4) is 0 Å². The lowest BCUT2D eigenvalue weighted by molar-refractivity contribution is 0.565. The van der Waals surface area contributed by atoms with Crippen LogP contribution in [0, 0.1) is 13.8 Å². The second kappa shape index (κ2) is 9.67. The summed E-state index contributed by atoms with van der Waals surface area (Å²) < 4.78 is 2.35. The van der Waals surface area contributed by atoms with Gasteiger partial charge < -0.3 is 14.8 Å². The highest BCUT2D eigenvalue weighted by Gasteiger charge is 2.42. The molecule has 3 heterocycles. The third-order valence-electron chi connectivity index (χ3n) is 7.11. The minimum absolute atomic E-state index is 0.0141. The van der Waals surface area contributed by atoms with Gasteiger partial charge in [-0.25, -0.2) is 0 Å². The summed E-state index contributed by atoms with van der Waals surface area (Å²) in [4.78, 5) is 6.97. The Labute approximate surface area is 213 Å². The maximum Gasteiger partial charge on any atom is 0.174 e. The van der Waals surface area contributed by atoms with E-state index in [1.807, 2.05) is 18.3 Å². The van der Waals surface area contributed by atoms with Crippen molar-refractivity contribution >= 4 is 23.0 Å². The highest BCUT2D eigenvalue weighted by molar-refractivity contribution is 7.80. The molecular weight excluding hydrogens is 448 g/mol. The summed E-state index contributed by atoms with van der Waals surface area (Å²) in [7, 11) is 0. The molecule has 0 aliphatic carbocycles. The number of thiocarbonyl (C=S) groups is 1. The van der Waals surface area contributed by atoms with Crippen molar-refractivity contribution in [2.45, 2.75) is 52.6 Å². The van der Waals surface area contributed by atoms with Crippen LogP contribution < -0.4 is 10.2 Å². The maximum atomic E-state index is 5.92. The number of hydrogen-bond donors (Lipinski definition) is 1. The molecule has 0 amide bonds. The SMILES string of the molecule is CCc1ccc(N2C(=S)N[C@@H](c3ccccn3)[C@@H]2c2cc(C)n(-c3ccc(CC)cc3)c2C)cc1. The van der Waals surface area contributed by atoms with Gasteiger partial charge in [-0.15, -0.1) is 0 Å². The molecule has 0 bridgehead atoms. The topological polar surface area (TPSA) is 33.1 Å². The van der Waals surface area contributed by atoms with E-state index in [0.717, 1.165) is 29.3 Å². The Morgan fingerprint density at radius 1 is 0.857 bits per heavy atom. The molecule has 2 aromatic heterocycles. The standard InChI is InChI=1S/C30H32N4S/c1-5-22-10-14-24(15-11-22)33-20(3)19-26(21(33)4)29-28(27-9-7-8-18-31-27)32-30(35)34(29)25-16-12-23(6-2)13-17-25/h7-19,28-29H,5-6H2,1-4H3,(H,32,35)/t28-,29-/m0/s1. The molecule has 4 aromatic rings. The van der Waals surface area contributed by atoms with E-state index in [1.54, 1.807) is 0 Å². The zero-order chi connectivity index (χ0) is 24.5. The average Bonchev–Trinajstić information content (AvgIpc) is 3.39. The van der Waals surface area contributed by atoms with E-state index in [1.165, 1.54) is 33.8 Å². The molecule has 0 unspecified atom stereocenters. The molecule has 35 heavy (non-hydrogen) atoms. The molecule has 2 aromatic carbocycles. The highest BCUT2D eigenvalue weighted by atomic mass is 32.1. The zero-order valence-electron chi connectivity index (χ0n) is 20.8. The van der Waals surface area contributed by atoms with Gasteiger partial charge in [-0.05, 0) is 98.1 Å². The number of rotatable bonds is 6. The van der Waals surface area contributed by atoms with E-state index in [9.17, 15) is 0 Å². The molecule has 0 spiro atoms. The van der Waals surface area contributed by atoms with E-state index in [4.69, 9.17) is 17.2 Å². The van der Waals surface area contributed by atoms with Crippen LogP contribution in [-0.2, 0) is 12.8 Å².